The van der Waals surface area contributed by atoms with E-state index in [-0.39, 0.29) is 5.91 Å². The molecular formula is C19H22ClN3O4. The zero-order valence-corrected chi connectivity index (χ0v) is 15.9. The Morgan fingerprint density at radius 3 is 2.78 bits per heavy atom. The molecule has 8 heteroatoms. The van der Waals surface area contributed by atoms with Crippen LogP contribution in [0.2, 0.25) is 5.02 Å². The Balaban J connectivity index is 1.54. The molecule has 2 fully saturated rings. The second-order valence-electron chi connectivity index (χ2n) is 7.44. The average molecular weight is 392 g/mol. The molecule has 1 N–H and O–H groups in total. The predicted octanol–water partition coefficient (Wildman–Crippen LogP) is 3.34. The first kappa shape index (κ1) is 18.1. The van der Waals surface area contributed by atoms with Gasteiger partial charge in [0, 0.05) is 6.42 Å². The topological polar surface area (TPSA) is 80.2 Å². The minimum atomic E-state index is -0.802. The number of carbonyl (C=O) groups excluding carboxylic acids is 2. The summed E-state index contributed by atoms with van der Waals surface area (Å²) in [5, 5.41) is 8.31. The van der Waals surface area contributed by atoms with E-state index in [4.69, 9.17) is 21.1 Å². The van der Waals surface area contributed by atoms with Crippen molar-refractivity contribution in [3.8, 4) is 11.5 Å². The summed E-state index contributed by atoms with van der Waals surface area (Å²) in [4.78, 5) is 25.1. The number of amides is 3. The van der Waals surface area contributed by atoms with Crippen LogP contribution in [0.25, 0.3) is 0 Å². The second-order valence-corrected chi connectivity index (χ2v) is 7.84. The molecule has 4 rings (SSSR count). The lowest BCUT2D eigenvalue weighted by molar-refractivity contribution is -0.132. The van der Waals surface area contributed by atoms with Crippen LogP contribution in [0.5, 0.6) is 11.5 Å². The molecule has 1 aromatic carbocycles. The predicted molar refractivity (Wildman–Crippen MR) is 100 cm³/mol. The summed E-state index contributed by atoms with van der Waals surface area (Å²) < 4.78 is 11.3. The number of urea groups is 1. The Kier molecular flexibility index (Phi) is 4.72. The number of rotatable bonds is 2. The van der Waals surface area contributed by atoms with E-state index in [0.29, 0.717) is 54.1 Å². The van der Waals surface area contributed by atoms with Crippen LogP contribution in [0, 0.1) is 5.92 Å². The van der Waals surface area contributed by atoms with Crippen LogP contribution in [-0.4, -0.2) is 41.9 Å². The molecule has 3 amide bonds. The van der Waals surface area contributed by atoms with Gasteiger partial charge in [0.1, 0.15) is 5.54 Å². The Labute approximate surface area is 162 Å². The highest BCUT2D eigenvalue weighted by atomic mass is 35.5. The van der Waals surface area contributed by atoms with Gasteiger partial charge in [-0.05, 0) is 49.3 Å². The second kappa shape index (κ2) is 7.03. The van der Waals surface area contributed by atoms with E-state index in [0.717, 1.165) is 24.3 Å². The van der Waals surface area contributed by atoms with Gasteiger partial charge in [0.25, 0.3) is 5.91 Å². The number of hydrazone groups is 1. The van der Waals surface area contributed by atoms with Crippen LogP contribution in [-0.2, 0) is 4.79 Å². The van der Waals surface area contributed by atoms with Crippen molar-refractivity contribution in [3.05, 3.63) is 22.7 Å². The smallest absolute Gasteiger partial charge is 0.346 e. The number of halogens is 1. The number of hydrogen-bond donors (Lipinski definition) is 1. The van der Waals surface area contributed by atoms with Crippen LogP contribution >= 0.6 is 11.6 Å². The monoisotopic (exact) mass is 391 g/mol. The molecule has 7 nitrogen and oxygen atoms in total. The number of benzene rings is 1. The van der Waals surface area contributed by atoms with Gasteiger partial charge in [-0.1, -0.05) is 18.5 Å². The number of nitrogens with zero attached hydrogens (tertiary/aromatic N) is 2. The van der Waals surface area contributed by atoms with Crippen molar-refractivity contribution in [1.82, 2.24) is 10.3 Å². The van der Waals surface area contributed by atoms with Crippen LogP contribution in [0.1, 0.15) is 44.6 Å². The third-order valence-electron chi connectivity index (χ3n) is 5.41. The molecule has 0 aromatic heterocycles. The number of hydrogen-bond acceptors (Lipinski definition) is 5. The third-order valence-corrected chi connectivity index (χ3v) is 5.70. The van der Waals surface area contributed by atoms with Crippen molar-refractivity contribution in [2.45, 2.75) is 44.6 Å². The fourth-order valence-corrected chi connectivity index (χ4v) is 4.03. The molecule has 0 radical (unpaired) electrons. The van der Waals surface area contributed by atoms with Gasteiger partial charge >= 0.3 is 6.03 Å². The van der Waals surface area contributed by atoms with Gasteiger partial charge in [-0.15, -0.1) is 5.01 Å². The molecular weight excluding hydrogens is 370 g/mol. The average Bonchev–Trinajstić information content (AvgIpc) is 2.81. The lowest BCUT2D eigenvalue weighted by atomic mass is 9.77. The zero-order chi connectivity index (χ0) is 19.0. The van der Waals surface area contributed by atoms with Crippen LogP contribution < -0.4 is 14.8 Å². The van der Waals surface area contributed by atoms with E-state index < -0.39 is 11.6 Å². The molecule has 0 bridgehead atoms. The van der Waals surface area contributed by atoms with Gasteiger partial charge in [0.05, 0.1) is 24.5 Å². The quantitative estimate of drug-likeness (QED) is 0.619. The highest BCUT2D eigenvalue weighted by molar-refractivity contribution is 6.32. The summed E-state index contributed by atoms with van der Waals surface area (Å²) in [6.07, 6.45) is 5.36. The Hall–Kier alpha value is -2.28. The Bertz CT molecular complexity index is 802. The minimum Gasteiger partial charge on any atom is -0.489 e. The lowest BCUT2D eigenvalue weighted by Crippen LogP contribution is -2.49. The SMILES string of the molecule is CC1CCC2(CC1)NC(=O)N(/N=C\c1cc(Cl)c3c(c1)OCCCO3)C2=O. The molecule has 1 saturated carbocycles. The first-order valence-corrected chi connectivity index (χ1v) is 9.66. The highest BCUT2D eigenvalue weighted by Gasteiger charge is 2.52. The summed E-state index contributed by atoms with van der Waals surface area (Å²) >= 11 is 6.28. The number of imide groups is 1. The van der Waals surface area contributed by atoms with Gasteiger partial charge < -0.3 is 14.8 Å². The largest absolute Gasteiger partial charge is 0.489 e. The number of fused-ring (bicyclic) bond motifs is 1. The molecule has 27 heavy (non-hydrogen) atoms. The van der Waals surface area contributed by atoms with E-state index >= 15 is 0 Å². The maximum absolute atomic E-state index is 12.8. The van der Waals surface area contributed by atoms with E-state index in [1.807, 2.05) is 0 Å². The van der Waals surface area contributed by atoms with Crippen LogP contribution in [0.3, 0.4) is 0 Å². The summed E-state index contributed by atoms with van der Waals surface area (Å²) in [6.45, 7) is 3.25. The van der Waals surface area contributed by atoms with Gasteiger partial charge in [-0.3, -0.25) is 4.79 Å². The normalized spacial score (nSPS) is 27.9. The summed E-state index contributed by atoms with van der Waals surface area (Å²) in [7, 11) is 0. The standard InChI is InChI=1S/C19H22ClN3O4/c1-12-3-5-19(6-4-12)17(24)23(18(25)22-19)21-11-13-9-14(20)16-15(10-13)26-7-2-8-27-16/h9-12H,2-8H2,1H3,(H,22,25)/b21-11-. The fraction of sp³-hybridized carbons (Fsp3) is 0.526. The molecule has 1 aliphatic carbocycles. The highest BCUT2D eigenvalue weighted by Crippen LogP contribution is 2.38. The number of nitrogens with one attached hydrogen (secondary N) is 1. The van der Waals surface area contributed by atoms with Gasteiger partial charge in [-0.25, -0.2) is 4.79 Å². The van der Waals surface area contributed by atoms with Crippen LogP contribution in [0.15, 0.2) is 17.2 Å². The van der Waals surface area contributed by atoms with Crippen molar-refractivity contribution in [3.63, 3.8) is 0 Å². The number of carbonyl (C=O) groups is 2. The third kappa shape index (κ3) is 3.36. The summed E-state index contributed by atoms with van der Waals surface area (Å²) in [5.74, 6) is 1.34. The molecule has 1 spiro atoms. The Morgan fingerprint density at radius 1 is 1.26 bits per heavy atom. The lowest BCUT2D eigenvalue weighted by Gasteiger charge is -2.33. The van der Waals surface area contributed by atoms with E-state index in [9.17, 15) is 9.59 Å². The van der Waals surface area contributed by atoms with Crippen molar-refractivity contribution < 1.29 is 19.1 Å². The van der Waals surface area contributed by atoms with Crippen LogP contribution in [0.4, 0.5) is 4.79 Å². The van der Waals surface area contributed by atoms with E-state index in [2.05, 4.69) is 17.3 Å². The maximum Gasteiger partial charge on any atom is 0.346 e. The molecule has 144 valence electrons. The molecule has 0 unspecified atom stereocenters. The molecule has 1 aromatic rings. The van der Waals surface area contributed by atoms with Gasteiger partial charge in [-0.2, -0.15) is 5.10 Å². The van der Waals surface area contributed by atoms with Crippen molar-refractivity contribution >= 4 is 29.8 Å². The molecule has 2 aliphatic heterocycles. The summed E-state index contributed by atoms with van der Waals surface area (Å²) in [6, 6.07) is 2.94. The zero-order valence-electron chi connectivity index (χ0n) is 15.2. The van der Waals surface area contributed by atoms with Gasteiger partial charge in [0.15, 0.2) is 11.5 Å². The minimum absolute atomic E-state index is 0.281. The van der Waals surface area contributed by atoms with E-state index in [1.165, 1.54) is 6.21 Å². The first-order valence-electron chi connectivity index (χ1n) is 9.28. The summed E-state index contributed by atoms with van der Waals surface area (Å²) in [5.41, 5.74) is -0.174. The number of ether oxygens (including phenoxy) is 2. The Morgan fingerprint density at radius 2 is 2.00 bits per heavy atom. The molecule has 3 aliphatic rings. The molecule has 2 heterocycles. The first-order chi connectivity index (χ1) is 13.0. The maximum atomic E-state index is 12.8. The van der Waals surface area contributed by atoms with Crippen molar-refractivity contribution in [2.75, 3.05) is 13.2 Å². The molecule has 1 saturated heterocycles. The van der Waals surface area contributed by atoms with Gasteiger partial charge in [0.2, 0.25) is 0 Å². The van der Waals surface area contributed by atoms with E-state index in [1.54, 1.807) is 12.1 Å². The van der Waals surface area contributed by atoms with Crippen molar-refractivity contribution in [2.24, 2.45) is 11.0 Å². The fourth-order valence-electron chi connectivity index (χ4n) is 3.75. The van der Waals surface area contributed by atoms with Crippen molar-refractivity contribution in [1.29, 1.82) is 0 Å². The molecule has 0 atom stereocenters.